The van der Waals surface area contributed by atoms with Gasteiger partial charge in [-0.15, -0.1) is 0 Å². The third-order valence-electron chi connectivity index (χ3n) is 5.07. The number of nitrogens with one attached hydrogen (secondary N) is 1. The Morgan fingerprint density at radius 3 is 2.45 bits per heavy atom. The van der Waals surface area contributed by atoms with Crippen molar-refractivity contribution < 1.29 is 14.3 Å². The molecule has 2 aromatic carbocycles. The molecule has 2 heterocycles. The van der Waals surface area contributed by atoms with Crippen LogP contribution in [0.4, 0.5) is 0 Å². The van der Waals surface area contributed by atoms with Crippen LogP contribution in [-0.4, -0.2) is 28.9 Å². The Morgan fingerprint density at radius 1 is 1.07 bits per heavy atom. The van der Waals surface area contributed by atoms with E-state index in [9.17, 15) is 4.79 Å². The highest BCUT2D eigenvalue weighted by molar-refractivity contribution is 5.94. The summed E-state index contributed by atoms with van der Waals surface area (Å²) in [7, 11) is 0. The van der Waals surface area contributed by atoms with Crippen LogP contribution < -0.4 is 14.8 Å². The van der Waals surface area contributed by atoms with Crippen LogP contribution in [0.15, 0.2) is 48.5 Å². The number of aromatic nitrogens is 2. The fraction of sp³-hybridized carbons (Fsp3) is 0.304. The molecule has 1 unspecified atom stereocenters. The highest BCUT2D eigenvalue weighted by atomic mass is 16.6. The van der Waals surface area contributed by atoms with E-state index in [4.69, 9.17) is 9.47 Å². The fourth-order valence-electron chi connectivity index (χ4n) is 3.58. The number of ether oxygens (including phenoxy) is 2. The van der Waals surface area contributed by atoms with E-state index in [-0.39, 0.29) is 11.9 Å². The van der Waals surface area contributed by atoms with Crippen molar-refractivity contribution in [3.05, 3.63) is 71.0 Å². The smallest absolute Gasteiger partial charge is 0.251 e. The number of hydrogen-bond acceptors (Lipinski definition) is 4. The second-order valence-electron chi connectivity index (χ2n) is 7.22. The van der Waals surface area contributed by atoms with E-state index >= 15 is 0 Å². The number of carbonyl (C=O) groups is 1. The van der Waals surface area contributed by atoms with Crippen molar-refractivity contribution in [3.8, 4) is 17.2 Å². The summed E-state index contributed by atoms with van der Waals surface area (Å²) in [6, 6.07) is 15.3. The van der Waals surface area contributed by atoms with E-state index in [1.807, 2.05) is 74.0 Å². The first-order valence-electron chi connectivity index (χ1n) is 9.89. The molecule has 3 aromatic rings. The molecule has 0 bridgehead atoms. The Kier molecular flexibility index (Phi) is 5.25. The maximum Gasteiger partial charge on any atom is 0.251 e. The summed E-state index contributed by atoms with van der Waals surface area (Å²) in [4.78, 5) is 12.8. The third-order valence-corrected chi connectivity index (χ3v) is 5.07. The van der Waals surface area contributed by atoms with E-state index in [0.717, 1.165) is 40.6 Å². The van der Waals surface area contributed by atoms with E-state index in [1.165, 1.54) is 0 Å². The zero-order chi connectivity index (χ0) is 20.4. The monoisotopic (exact) mass is 391 g/mol. The van der Waals surface area contributed by atoms with Gasteiger partial charge in [0.25, 0.3) is 5.91 Å². The maximum atomic E-state index is 12.8. The molecular formula is C23H25N3O3. The number of benzene rings is 2. The van der Waals surface area contributed by atoms with Crippen LogP contribution in [0.2, 0.25) is 0 Å². The van der Waals surface area contributed by atoms with Crippen molar-refractivity contribution in [1.29, 1.82) is 0 Å². The molecule has 1 aliphatic heterocycles. The van der Waals surface area contributed by atoms with Gasteiger partial charge in [-0.1, -0.05) is 13.0 Å². The molecule has 29 heavy (non-hydrogen) atoms. The van der Waals surface area contributed by atoms with E-state index in [0.29, 0.717) is 18.8 Å². The quantitative estimate of drug-likeness (QED) is 0.710. The Balaban J connectivity index is 1.49. The molecule has 0 saturated carbocycles. The fourth-order valence-corrected chi connectivity index (χ4v) is 3.58. The molecule has 6 heteroatoms. The lowest BCUT2D eigenvalue weighted by Gasteiger charge is -2.22. The van der Waals surface area contributed by atoms with Crippen LogP contribution in [0.5, 0.6) is 11.5 Å². The van der Waals surface area contributed by atoms with Gasteiger partial charge in [0, 0.05) is 11.3 Å². The van der Waals surface area contributed by atoms with E-state index in [2.05, 4.69) is 10.4 Å². The molecule has 1 aromatic heterocycles. The number of aryl methyl sites for hydroxylation is 2. The van der Waals surface area contributed by atoms with Gasteiger partial charge in [-0.3, -0.25) is 4.79 Å². The molecule has 6 nitrogen and oxygen atoms in total. The summed E-state index contributed by atoms with van der Waals surface area (Å²) < 4.78 is 13.1. The number of fused-ring (bicyclic) bond motifs is 1. The predicted molar refractivity (Wildman–Crippen MR) is 111 cm³/mol. The average molecular weight is 391 g/mol. The first kappa shape index (κ1) is 19.1. The van der Waals surface area contributed by atoms with Crippen molar-refractivity contribution in [2.45, 2.75) is 33.2 Å². The molecular weight excluding hydrogens is 366 g/mol. The van der Waals surface area contributed by atoms with Crippen molar-refractivity contribution in [3.63, 3.8) is 0 Å². The van der Waals surface area contributed by atoms with Gasteiger partial charge in [0.1, 0.15) is 13.2 Å². The number of hydrogen-bond donors (Lipinski definition) is 1. The van der Waals surface area contributed by atoms with Crippen molar-refractivity contribution in [2.75, 3.05) is 13.2 Å². The molecule has 1 amide bonds. The van der Waals surface area contributed by atoms with Crippen LogP contribution in [0.25, 0.3) is 5.69 Å². The van der Waals surface area contributed by atoms with Crippen LogP contribution in [0.3, 0.4) is 0 Å². The Labute approximate surface area is 170 Å². The molecule has 0 fully saturated rings. The lowest BCUT2D eigenvalue weighted by atomic mass is 10.0. The van der Waals surface area contributed by atoms with Gasteiger partial charge in [-0.05, 0) is 68.3 Å². The summed E-state index contributed by atoms with van der Waals surface area (Å²) in [6.45, 7) is 7.14. The molecule has 1 aliphatic rings. The SMILES string of the molecule is CCC(NC(=O)c1ccc(-n2nc(C)cc2C)cc1)c1ccc2c(c1)OCCO2. The lowest BCUT2D eigenvalue weighted by molar-refractivity contribution is 0.0935. The highest BCUT2D eigenvalue weighted by Gasteiger charge is 2.18. The lowest BCUT2D eigenvalue weighted by Crippen LogP contribution is -2.28. The minimum absolute atomic E-state index is 0.103. The zero-order valence-corrected chi connectivity index (χ0v) is 16.9. The number of nitrogens with zero attached hydrogens (tertiary/aromatic N) is 2. The zero-order valence-electron chi connectivity index (χ0n) is 16.9. The molecule has 0 radical (unpaired) electrons. The average Bonchev–Trinajstić information content (AvgIpc) is 3.09. The molecule has 0 aliphatic carbocycles. The minimum Gasteiger partial charge on any atom is -0.486 e. The Morgan fingerprint density at radius 2 is 1.79 bits per heavy atom. The largest absolute Gasteiger partial charge is 0.486 e. The molecule has 1 atom stereocenters. The molecule has 150 valence electrons. The minimum atomic E-state index is -0.105. The second kappa shape index (κ2) is 7.99. The van der Waals surface area contributed by atoms with Gasteiger partial charge in [-0.2, -0.15) is 5.10 Å². The molecule has 4 rings (SSSR count). The standard InChI is InChI=1S/C23H25N3O3/c1-4-20(18-7-10-21-22(14-18)29-12-11-28-21)24-23(27)17-5-8-19(9-6-17)26-16(3)13-15(2)25-26/h5-10,13-14,20H,4,11-12H2,1-3H3,(H,24,27). The Hall–Kier alpha value is -3.28. The van der Waals surface area contributed by atoms with Gasteiger partial charge in [0.2, 0.25) is 0 Å². The van der Waals surface area contributed by atoms with Gasteiger partial charge in [-0.25, -0.2) is 4.68 Å². The number of carbonyl (C=O) groups excluding carboxylic acids is 1. The van der Waals surface area contributed by atoms with E-state index < -0.39 is 0 Å². The Bertz CT molecular complexity index is 1020. The molecule has 1 N–H and O–H groups in total. The van der Waals surface area contributed by atoms with Gasteiger partial charge in [0.05, 0.1) is 17.4 Å². The van der Waals surface area contributed by atoms with E-state index in [1.54, 1.807) is 0 Å². The summed E-state index contributed by atoms with van der Waals surface area (Å²) >= 11 is 0. The summed E-state index contributed by atoms with van der Waals surface area (Å²) in [5, 5.41) is 7.61. The topological polar surface area (TPSA) is 65.4 Å². The summed E-state index contributed by atoms with van der Waals surface area (Å²) in [6.07, 6.45) is 0.773. The number of amides is 1. The van der Waals surface area contributed by atoms with Gasteiger partial charge < -0.3 is 14.8 Å². The highest BCUT2D eigenvalue weighted by Crippen LogP contribution is 2.33. The van der Waals surface area contributed by atoms with Gasteiger partial charge >= 0.3 is 0 Å². The first-order chi connectivity index (χ1) is 14.0. The van der Waals surface area contributed by atoms with Crippen molar-refractivity contribution >= 4 is 5.91 Å². The molecule has 0 spiro atoms. The van der Waals surface area contributed by atoms with Crippen molar-refractivity contribution in [1.82, 2.24) is 15.1 Å². The van der Waals surface area contributed by atoms with Crippen LogP contribution >= 0.6 is 0 Å². The normalized spacial score (nSPS) is 13.8. The summed E-state index contributed by atoms with van der Waals surface area (Å²) in [5.74, 6) is 1.38. The summed E-state index contributed by atoms with van der Waals surface area (Å²) in [5.41, 5.74) is 4.58. The van der Waals surface area contributed by atoms with Gasteiger partial charge in [0.15, 0.2) is 11.5 Å². The molecule has 0 saturated heterocycles. The van der Waals surface area contributed by atoms with Crippen LogP contribution in [0.1, 0.15) is 46.7 Å². The maximum absolute atomic E-state index is 12.8. The van der Waals surface area contributed by atoms with Crippen LogP contribution in [0, 0.1) is 13.8 Å². The first-order valence-corrected chi connectivity index (χ1v) is 9.89. The third kappa shape index (κ3) is 3.97. The van der Waals surface area contributed by atoms with Crippen molar-refractivity contribution in [2.24, 2.45) is 0 Å². The predicted octanol–water partition coefficient (Wildman–Crippen LogP) is 4.14. The van der Waals surface area contributed by atoms with Crippen LogP contribution in [-0.2, 0) is 0 Å². The number of rotatable bonds is 5. The second-order valence-corrected chi connectivity index (χ2v) is 7.22.